The summed E-state index contributed by atoms with van der Waals surface area (Å²) in [7, 11) is 0. The molecule has 1 aliphatic carbocycles. The number of aliphatic carboxylic acids is 1. The molecule has 1 saturated carbocycles. The number of rotatable bonds is 8. The van der Waals surface area contributed by atoms with E-state index in [1.54, 1.807) is 6.92 Å². The predicted octanol–water partition coefficient (Wildman–Crippen LogP) is 1.91. The van der Waals surface area contributed by atoms with Crippen molar-refractivity contribution in [1.29, 1.82) is 0 Å². The van der Waals surface area contributed by atoms with Crippen LogP contribution in [0.4, 0.5) is 0 Å². The van der Waals surface area contributed by atoms with E-state index in [1.807, 2.05) is 0 Å². The zero-order valence-electron chi connectivity index (χ0n) is 17.5. The Balaban J connectivity index is 1.33. The lowest BCUT2D eigenvalue weighted by molar-refractivity contribution is -0.164. The minimum atomic E-state index is -1.16. The summed E-state index contributed by atoms with van der Waals surface area (Å²) in [6.45, 7) is 5.25. The second kappa shape index (κ2) is 8.26. The van der Waals surface area contributed by atoms with E-state index in [1.165, 1.54) is 0 Å². The second-order valence-electron chi connectivity index (χ2n) is 9.08. The largest absolute Gasteiger partial charge is 0.481 e. The number of fused-ring (bicyclic) bond motifs is 1. The Bertz CT molecular complexity index is 797. The summed E-state index contributed by atoms with van der Waals surface area (Å²) in [6.07, 6.45) is 2.37. The summed E-state index contributed by atoms with van der Waals surface area (Å²) in [4.78, 5) is 48.2. The molecule has 31 heavy (non-hydrogen) atoms. The van der Waals surface area contributed by atoms with Crippen molar-refractivity contribution >= 4 is 23.9 Å². The summed E-state index contributed by atoms with van der Waals surface area (Å²) in [5.41, 5.74) is -0.245. The normalized spacial score (nSPS) is 34.8. The highest BCUT2D eigenvalue weighted by Gasteiger charge is 2.71. The molecule has 3 saturated heterocycles. The summed E-state index contributed by atoms with van der Waals surface area (Å²) >= 11 is 0. The lowest BCUT2D eigenvalue weighted by Crippen LogP contribution is -2.47. The van der Waals surface area contributed by atoms with Crippen LogP contribution in [0.25, 0.3) is 0 Å². The molecule has 6 atom stereocenters. The average molecular weight is 436 g/mol. The predicted molar refractivity (Wildman–Crippen MR) is 104 cm³/mol. The third-order valence-corrected chi connectivity index (χ3v) is 6.89. The highest BCUT2D eigenvalue weighted by molar-refractivity contribution is 5.87. The van der Waals surface area contributed by atoms with E-state index in [4.69, 9.17) is 18.9 Å². The van der Waals surface area contributed by atoms with Gasteiger partial charge in [-0.15, -0.1) is 0 Å². The Morgan fingerprint density at radius 2 is 1.87 bits per heavy atom. The van der Waals surface area contributed by atoms with Gasteiger partial charge in [-0.1, -0.05) is 13.0 Å². The van der Waals surface area contributed by atoms with Crippen molar-refractivity contribution in [3.05, 3.63) is 12.2 Å². The van der Waals surface area contributed by atoms with Gasteiger partial charge in [-0.2, -0.15) is 0 Å². The maximum absolute atomic E-state index is 12.5. The van der Waals surface area contributed by atoms with Crippen molar-refractivity contribution in [2.45, 2.75) is 88.3 Å². The third kappa shape index (κ3) is 3.95. The zero-order chi connectivity index (χ0) is 22.3. The van der Waals surface area contributed by atoms with E-state index in [9.17, 15) is 24.3 Å². The third-order valence-electron chi connectivity index (χ3n) is 6.89. The van der Waals surface area contributed by atoms with E-state index in [-0.39, 0.29) is 6.42 Å². The van der Waals surface area contributed by atoms with E-state index in [2.05, 4.69) is 6.58 Å². The molecule has 6 unspecified atom stereocenters. The molecule has 0 spiro atoms. The number of hydrogen-bond acceptors (Lipinski definition) is 8. The molecule has 0 amide bonds. The first kappa shape index (κ1) is 21.8. The molecule has 3 heterocycles. The fraction of sp³-hybridized carbons (Fsp3) is 0.727. The lowest BCUT2D eigenvalue weighted by Gasteiger charge is -2.37. The highest BCUT2D eigenvalue weighted by Crippen LogP contribution is 2.51. The van der Waals surface area contributed by atoms with Crippen LogP contribution in [0.15, 0.2) is 12.2 Å². The quantitative estimate of drug-likeness (QED) is 0.345. The van der Waals surface area contributed by atoms with Crippen LogP contribution in [0.2, 0.25) is 0 Å². The standard InChI is InChI=1S/C22H28O9/c1-11(2)20(26)31-22(8-4-3-5-9-22)10-6-7-12(23)28-17-15-13(19(24)25)14-16(29-15)18(17)30-21(14)27/h13-18H,1,3-10H2,2H3,(H,24,25). The van der Waals surface area contributed by atoms with Crippen LogP contribution in [-0.2, 0) is 38.1 Å². The topological polar surface area (TPSA) is 125 Å². The van der Waals surface area contributed by atoms with Gasteiger partial charge >= 0.3 is 23.9 Å². The van der Waals surface area contributed by atoms with Gasteiger partial charge in [-0.05, 0) is 45.4 Å². The van der Waals surface area contributed by atoms with Gasteiger partial charge in [-0.25, -0.2) is 4.79 Å². The van der Waals surface area contributed by atoms with Crippen LogP contribution in [0.1, 0.15) is 58.3 Å². The SMILES string of the molecule is C=C(C)C(=O)OC1(CCCC(=O)OC2C3OC(=O)C4C3OC2C4C(=O)O)CCCCC1. The Morgan fingerprint density at radius 3 is 2.52 bits per heavy atom. The Morgan fingerprint density at radius 1 is 1.16 bits per heavy atom. The maximum Gasteiger partial charge on any atom is 0.333 e. The molecule has 0 radical (unpaired) electrons. The molecule has 0 aromatic heterocycles. The molecule has 0 aromatic rings. The van der Waals surface area contributed by atoms with E-state index in [0.29, 0.717) is 18.4 Å². The fourth-order valence-electron chi connectivity index (χ4n) is 5.40. The molecular formula is C22H28O9. The van der Waals surface area contributed by atoms with Crippen LogP contribution in [0.5, 0.6) is 0 Å². The maximum atomic E-state index is 12.5. The van der Waals surface area contributed by atoms with Crippen LogP contribution in [-0.4, -0.2) is 59.0 Å². The number of carboxylic acid groups (broad SMARTS) is 1. The summed E-state index contributed by atoms with van der Waals surface area (Å²) < 4.78 is 22.1. The van der Waals surface area contributed by atoms with E-state index >= 15 is 0 Å². The van der Waals surface area contributed by atoms with Crippen LogP contribution in [0, 0.1) is 11.8 Å². The first-order valence-corrected chi connectivity index (χ1v) is 10.9. The van der Waals surface area contributed by atoms with Gasteiger partial charge in [0.1, 0.15) is 29.6 Å². The van der Waals surface area contributed by atoms with Gasteiger partial charge in [0.2, 0.25) is 0 Å². The van der Waals surface area contributed by atoms with Gasteiger partial charge in [0.25, 0.3) is 0 Å². The Kier molecular flexibility index (Phi) is 5.81. The van der Waals surface area contributed by atoms with Gasteiger partial charge in [-0.3, -0.25) is 14.4 Å². The molecule has 3 aliphatic heterocycles. The first-order valence-electron chi connectivity index (χ1n) is 10.9. The Labute approximate surface area is 180 Å². The van der Waals surface area contributed by atoms with Crippen molar-refractivity contribution in [1.82, 2.24) is 0 Å². The van der Waals surface area contributed by atoms with Gasteiger partial charge in [0, 0.05) is 12.0 Å². The molecule has 9 heteroatoms. The number of esters is 3. The number of carbonyl (C=O) groups is 4. The number of ether oxygens (including phenoxy) is 4. The average Bonchev–Trinajstić information content (AvgIpc) is 3.32. The molecule has 4 fully saturated rings. The van der Waals surface area contributed by atoms with Gasteiger partial charge < -0.3 is 24.1 Å². The van der Waals surface area contributed by atoms with Gasteiger partial charge in [0.05, 0.1) is 0 Å². The zero-order valence-corrected chi connectivity index (χ0v) is 17.5. The van der Waals surface area contributed by atoms with E-state index < -0.39 is 65.7 Å². The Hall–Kier alpha value is -2.42. The van der Waals surface area contributed by atoms with Crippen molar-refractivity contribution in [3.63, 3.8) is 0 Å². The van der Waals surface area contributed by atoms with E-state index in [0.717, 1.165) is 32.1 Å². The van der Waals surface area contributed by atoms with Crippen LogP contribution >= 0.6 is 0 Å². The smallest absolute Gasteiger partial charge is 0.333 e. The van der Waals surface area contributed by atoms with Gasteiger partial charge in [0.15, 0.2) is 12.2 Å². The monoisotopic (exact) mass is 436 g/mol. The minimum Gasteiger partial charge on any atom is -0.481 e. The summed E-state index contributed by atoms with van der Waals surface area (Å²) in [5.74, 6) is -4.60. The van der Waals surface area contributed by atoms with Crippen LogP contribution in [0.3, 0.4) is 0 Å². The van der Waals surface area contributed by atoms with Crippen LogP contribution < -0.4 is 0 Å². The molecule has 4 aliphatic rings. The summed E-state index contributed by atoms with van der Waals surface area (Å²) in [6, 6.07) is 0. The molecular weight excluding hydrogens is 408 g/mol. The van der Waals surface area contributed by atoms with Crippen molar-refractivity contribution in [3.8, 4) is 0 Å². The number of hydrogen-bond donors (Lipinski definition) is 1. The molecule has 9 nitrogen and oxygen atoms in total. The molecule has 1 N–H and O–H groups in total. The van der Waals surface area contributed by atoms with Crippen molar-refractivity contribution < 1.29 is 43.2 Å². The molecule has 2 bridgehead atoms. The molecule has 4 rings (SSSR count). The lowest BCUT2D eigenvalue weighted by atomic mass is 9.78. The summed E-state index contributed by atoms with van der Waals surface area (Å²) in [5, 5.41) is 9.47. The van der Waals surface area contributed by atoms with Crippen molar-refractivity contribution in [2.24, 2.45) is 11.8 Å². The molecule has 0 aromatic carbocycles. The van der Waals surface area contributed by atoms with Crippen molar-refractivity contribution in [2.75, 3.05) is 0 Å². The number of carbonyl (C=O) groups excluding carboxylic acids is 3. The fourth-order valence-corrected chi connectivity index (χ4v) is 5.40. The second-order valence-corrected chi connectivity index (χ2v) is 9.08. The molecule has 170 valence electrons. The minimum absolute atomic E-state index is 0.0854. The number of carboxylic acids is 1. The highest BCUT2D eigenvalue weighted by atomic mass is 16.7. The first-order chi connectivity index (χ1) is 14.7.